The molecule has 0 spiro atoms. The van der Waals surface area contributed by atoms with Crippen LogP contribution in [0.25, 0.3) is 5.70 Å². The topological polar surface area (TPSA) is 107 Å². The van der Waals surface area contributed by atoms with Gasteiger partial charge in [0.1, 0.15) is 4.58 Å². The number of rotatable bonds is 9. The highest BCUT2D eigenvalue weighted by molar-refractivity contribution is 8.15. The quantitative estimate of drug-likeness (QED) is 0.471. The summed E-state index contributed by atoms with van der Waals surface area (Å²) in [5.74, 6) is 2.04. The van der Waals surface area contributed by atoms with Crippen LogP contribution in [0.2, 0.25) is 0 Å². The van der Waals surface area contributed by atoms with Crippen LogP contribution in [0.5, 0.6) is 0 Å². The Morgan fingerprint density at radius 2 is 2.14 bits per heavy atom. The summed E-state index contributed by atoms with van der Waals surface area (Å²) in [6.07, 6.45) is 13.4. The Bertz CT molecular complexity index is 1270. The Labute approximate surface area is 217 Å². The van der Waals surface area contributed by atoms with E-state index in [0.717, 1.165) is 48.2 Å². The molecule has 5 rings (SSSR count). The molecule has 0 aromatic carbocycles. The second kappa shape index (κ2) is 10.2. The van der Waals surface area contributed by atoms with Crippen molar-refractivity contribution in [2.24, 2.45) is 28.9 Å². The standard InChI is InChI=1S/C24H34N8O2S2/c1-16-11-21(35-24(16)36(33,34)30(2)3)29-22-23-26-10-8-20(18-13-27-31(4)14-18)32(23)15-19(28-22)7-9-25-12-17-5-6-17/h8,11,13-17,24-25H,5-7,9-10,12H2,1-4H3,(H,28,29). The SMILES string of the molecule is CC1C=C(/N=C2/NC(CCNCC3CC3)=CN3C(c4cnn(C)c4)=CCN=C23)SC1S(=O)(=O)N(C)C. The van der Waals surface area contributed by atoms with Crippen LogP contribution in [0.15, 0.2) is 51.5 Å². The van der Waals surface area contributed by atoms with Crippen molar-refractivity contribution >= 4 is 39.2 Å². The van der Waals surface area contributed by atoms with E-state index in [-0.39, 0.29) is 5.92 Å². The molecule has 1 fully saturated rings. The molecule has 4 aliphatic rings. The van der Waals surface area contributed by atoms with E-state index in [1.54, 1.807) is 18.8 Å². The van der Waals surface area contributed by atoms with E-state index in [0.29, 0.717) is 17.4 Å². The number of hydrogen-bond acceptors (Lipinski definition) is 8. The molecular formula is C24H34N8O2S2. The number of aliphatic imine (C=N–C) groups is 2. The minimum absolute atomic E-state index is 0.151. The van der Waals surface area contributed by atoms with Crippen LogP contribution < -0.4 is 10.6 Å². The van der Waals surface area contributed by atoms with E-state index in [9.17, 15) is 8.42 Å². The van der Waals surface area contributed by atoms with E-state index in [2.05, 4.69) is 32.9 Å². The molecule has 0 saturated heterocycles. The predicted octanol–water partition coefficient (Wildman–Crippen LogP) is 2.15. The zero-order valence-corrected chi connectivity index (χ0v) is 22.8. The Morgan fingerprint density at radius 1 is 1.33 bits per heavy atom. The average Bonchev–Trinajstić information content (AvgIpc) is 3.44. The second-order valence-corrected chi connectivity index (χ2v) is 13.6. The normalized spacial score (nSPS) is 25.4. The van der Waals surface area contributed by atoms with Crippen LogP contribution in [-0.4, -0.2) is 77.4 Å². The van der Waals surface area contributed by atoms with Crippen molar-refractivity contribution < 1.29 is 8.42 Å². The van der Waals surface area contributed by atoms with Crippen molar-refractivity contribution in [1.29, 1.82) is 0 Å². The zero-order chi connectivity index (χ0) is 25.4. The molecule has 1 saturated carbocycles. The predicted molar refractivity (Wildman–Crippen MR) is 145 cm³/mol. The van der Waals surface area contributed by atoms with Crippen LogP contribution in [0, 0.1) is 11.8 Å². The minimum atomic E-state index is -3.42. The average molecular weight is 531 g/mol. The maximum Gasteiger partial charge on any atom is 0.226 e. The third-order valence-electron chi connectivity index (χ3n) is 6.59. The molecule has 194 valence electrons. The van der Waals surface area contributed by atoms with E-state index in [4.69, 9.17) is 9.98 Å². The molecule has 1 aromatic heterocycles. The molecule has 1 aliphatic carbocycles. The number of nitrogens with one attached hydrogen (secondary N) is 2. The minimum Gasteiger partial charge on any atom is -0.339 e. The van der Waals surface area contributed by atoms with Gasteiger partial charge in [-0.2, -0.15) is 5.10 Å². The Hall–Kier alpha value is -2.41. The molecule has 0 bridgehead atoms. The van der Waals surface area contributed by atoms with Crippen LogP contribution in [0.4, 0.5) is 0 Å². The molecule has 2 atom stereocenters. The molecule has 36 heavy (non-hydrogen) atoms. The highest BCUT2D eigenvalue weighted by Gasteiger charge is 2.38. The Morgan fingerprint density at radius 3 is 2.83 bits per heavy atom. The third-order valence-corrected chi connectivity index (χ3v) is 10.8. The number of fused-ring (bicyclic) bond motifs is 1. The smallest absolute Gasteiger partial charge is 0.226 e. The summed E-state index contributed by atoms with van der Waals surface area (Å²) >= 11 is 1.29. The van der Waals surface area contributed by atoms with Gasteiger partial charge < -0.3 is 10.6 Å². The highest BCUT2D eigenvalue weighted by atomic mass is 32.3. The van der Waals surface area contributed by atoms with Crippen molar-refractivity contribution in [3.05, 3.63) is 47.0 Å². The number of nitrogens with zero attached hydrogens (tertiary/aromatic N) is 6. The first-order valence-electron chi connectivity index (χ1n) is 12.3. The molecule has 2 N–H and O–H groups in total. The number of aryl methyl sites for hydroxylation is 1. The van der Waals surface area contributed by atoms with Crippen LogP contribution >= 0.6 is 11.8 Å². The first-order chi connectivity index (χ1) is 17.2. The van der Waals surface area contributed by atoms with Crippen molar-refractivity contribution in [2.75, 3.05) is 33.7 Å². The molecule has 10 nitrogen and oxygen atoms in total. The van der Waals surface area contributed by atoms with E-state index in [1.165, 1.54) is 28.9 Å². The summed E-state index contributed by atoms with van der Waals surface area (Å²) in [5, 5.41) is 12.1. The summed E-state index contributed by atoms with van der Waals surface area (Å²) in [6, 6.07) is 0. The van der Waals surface area contributed by atoms with Gasteiger partial charge in [0.25, 0.3) is 0 Å². The van der Waals surface area contributed by atoms with Gasteiger partial charge in [-0.05, 0) is 37.5 Å². The highest BCUT2D eigenvalue weighted by Crippen LogP contribution is 2.41. The van der Waals surface area contributed by atoms with Crippen LogP contribution in [0.3, 0.4) is 0 Å². The maximum atomic E-state index is 12.8. The van der Waals surface area contributed by atoms with Gasteiger partial charge in [-0.1, -0.05) is 18.7 Å². The van der Waals surface area contributed by atoms with Crippen LogP contribution in [-0.2, 0) is 17.1 Å². The fraction of sp³-hybridized carbons (Fsp3) is 0.542. The molecule has 2 unspecified atom stereocenters. The number of allylic oxidation sites excluding steroid dienone is 1. The zero-order valence-electron chi connectivity index (χ0n) is 21.2. The van der Waals surface area contributed by atoms with Gasteiger partial charge >= 0.3 is 0 Å². The molecule has 4 heterocycles. The van der Waals surface area contributed by atoms with Crippen LogP contribution in [0.1, 0.15) is 31.7 Å². The number of thioether (sulfide) groups is 1. The summed E-state index contributed by atoms with van der Waals surface area (Å²) in [4.78, 5) is 11.7. The van der Waals surface area contributed by atoms with Gasteiger partial charge in [-0.15, -0.1) is 0 Å². The van der Waals surface area contributed by atoms with Crippen molar-refractivity contribution in [3.8, 4) is 0 Å². The van der Waals surface area contributed by atoms with Gasteiger partial charge in [-0.25, -0.2) is 17.7 Å². The second-order valence-electron chi connectivity index (χ2n) is 9.84. The summed E-state index contributed by atoms with van der Waals surface area (Å²) in [6.45, 7) is 4.38. The third kappa shape index (κ3) is 5.31. The molecule has 0 radical (unpaired) electrons. The van der Waals surface area contributed by atoms with Gasteiger partial charge in [-0.3, -0.25) is 14.6 Å². The molecule has 0 amide bonds. The van der Waals surface area contributed by atoms with E-state index < -0.39 is 14.6 Å². The lowest BCUT2D eigenvalue weighted by Gasteiger charge is -2.33. The Balaban J connectivity index is 1.41. The summed E-state index contributed by atoms with van der Waals surface area (Å²) < 4.78 is 28.1. The van der Waals surface area contributed by atoms with Crippen molar-refractivity contribution in [3.63, 3.8) is 0 Å². The fourth-order valence-corrected chi connectivity index (χ4v) is 7.68. The van der Waals surface area contributed by atoms with Crippen molar-refractivity contribution in [2.45, 2.75) is 30.8 Å². The summed E-state index contributed by atoms with van der Waals surface area (Å²) in [5.41, 5.74) is 3.05. The number of aromatic nitrogens is 2. The number of amidine groups is 2. The summed E-state index contributed by atoms with van der Waals surface area (Å²) in [7, 11) is 1.64. The van der Waals surface area contributed by atoms with Gasteiger partial charge in [0.2, 0.25) is 10.0 Å². The lowest BCUT2D eigenvalue weighted by Crippen LogP contribution is -2.46. The first kappa shape index (κ1) is 25.2. The fourth-order valence-electron chi connectivity index (χ4n) is 4.37. The molecule has 3 aliphatic heterocycles. The molecule has 1 aromatic rings. The van der Waals surface area contributed by atoms with Gasteiger partial charge in [0.05, 0.1) is 23.5 Å². The number of hydrogen-bond donors (Lipinski definition) is 2. The van der Waals surface area contributed by atoms with E-state index in [1.807, 2.05) is 32.4 Å². The van der Waals surface area contributed by atoms with Gasteiger partial charge in [0.15, 0.2) is 11.7 Å². The van der Waals surface area contributed by atoms with Gasteiger partial charge in [0, 0.05) is 63.7 Å². The Kier molecular flexibility index (Phi) is 7.12. The monoisotopic (exact) mass is 530 g/mol. The lowest BCUT2D eigenvalue weighted by atomic mass is 10.1. The lowest BCUT2D eigenvalue weighted by molar-refractivity contribution is 0.510. The number of sulfonamides is 1. The largest absolute Gasteiger partial charge is 0.339 e. The molecular weight excluding hydrogens is 496 g/mol. The maximum absolute atomic E-state index is 12.8. The van der Waals surface area contributed by atoms with E-state index >= 15 is 0 Å². The first-order valence-corrected chi connectivity index (χ1v) is 14.7. The van der Waals surface area contributed by atoms with Crippen molar-refractivity contribution in [1.82, 2.24) is 29.6 Å². The molecule has 12 heteroatoms.